The number of carbonyl (C=O) groups excluding carboxylic acids is 1. The van der Waals surface area contributed by atoms with Crippen molar-refractivity contribution in [3.05, 3.63) is 77.9 Å². The zero-order valence-corrected chi connectivity index (χ0v) is 19.0. The van der Waals surface area contributed by atoms with Crippen molar-refractivity contribution in [3.63, 3.8) is 0 Å². The van der Waals surface area contributed by atoms with Gasteiger partial charge in [-0.3, -0.25) is 9.69 Å². The van der Waals surface area contributed by atoms with Crippen LogP contribution in [0, 0.1) is 7.14 Å². The quantitative estimate of drug-likeness (QED) is 0.350. The Balaban J connectivity index is 1.96. The Morgan fingerprint density at radius 1 is 0.923 bits per heavy atom. The van der Waals surface area contributed by atoms with E-state index in [1.165, 1.54) is 7.14 Å². The number of nitrogens with zero attached hydrogens (tertiary/aromatic N) is 1. The number of halogens is 2. The fourth-order valence-electron chi connectivity index (χ4n) is 3.18. The summed E-state index contributed by atoms with van der Waals surface area (Å²) in [7, 11) is 0. The van der Waals surface area contributed by atoms with Gasteiger partial charge in [-0.05, 0) is 106 Å². The van der Waals surface area contributed by atoms with Crippen LogP contribution in [0.2, 0.25) is 0 Å². The summed E-state index contributed by atoms with van der Waals surface area (Å²) in [5.41, 5.74) is 3.94. The number of carbonyl (C=O) groups is 1. The van der Waals surface area contributed by atoms with Crippen molar-refractivity contribution in [1.29, 1.82) is 0 Å². The molecule has 1 fully saturated rings. The smallest absolute Gasteiger partial charge is 0.187 e. The lowest BCUT2D eigenvalue weighted by Gasteiger charge is -2.29. The standard InChI is InChI=1S/C22H21I2NO/c1-2-9-25-14-18(10-16-5-3-7-20(23)12-16)22(26)19(15-25)11-17-6-4-8-21(24)13-17/h3-8,10-13H,2,9,14-15H2,1H3/b18-10+,19-11+. The molecule has 0 radical (unpaired) electrons. The lowest BCUT2D eigenvalue weighted by molar-refractivity contribution is -0.113. The van der Waals surface area contributed by atoms with Crippen molar-refractivity contribution in [2.45, 2.75) is 13.3 Å². The number of hydrogen-bond donors (Lipinski definition) is 0. The molecule has 0 aromatic heterocycles. The summed E-state index contributed by atoms with van der Waals surface area (Å²) >= 11 is 4.62. The van der Waals surface area contributed by atoms with Crippen molar-refractivity contribution in [1.82, 2.24) is 4.90 Å². The van der Waals surface area contributed by atoms with E-state index in [1.807, 2.05) is 12.1 Å². The Morgan fingerprint density at radius 2 is 1.42 bits per heavy atom. The molecule has 0 aliphatic carbocycles. The van der Waals surface area contributed by atoms with Gasteiger partial charge in [0.15, 0.2) is 5.78 Å². The van der Waals surface area contributed by atoms with Gasteiger partial charge in [0.2, 0.25) is 0 Å². The number of benzene rings is 2. The summed E-state index contributed by atoms with van der Waals surface area (Å²) in [6.07, 6.45) is 5.19. The van der Waals surface area contributed by atoms with Crippen LogP contribution in [0.3, 0.4) is 0 Å². The molecule has 4 heteroatoms. The molecule has 0 spiro atoms. The second-order valence-electron chi connectivity index (χ2n) is 6.49. The van der Waals surface area contributed by atoms with Gasteiger partial charge in [0.25, 0.3) is 0 Å². The van der Waals surface area contributed by atoms with Crippen LogP contribution >= 0.6 is 45.2 Å². The second kappa shape index (κ2) is 9.28. The second-order valence-corrected chi connectivity index (χ2v) is 8.98. The average Bonchev–Trinajstić information content (AvgIpc) is 2.59. The van der Waals surface area contributed by atoms with Gasteiger partial charge in [-0.15, -0.1) is 0 Å². The third kappa shape index (κ3) is 5.27. The zero-order valence-electron chi connectivity index (χ0n) is 14.7. The van der Waals surface area contributed by atoms with Crippen LogP contribution in [0.4, 0.5) is 0 Å². The number of hydrogen-bond acceptors (Lipinski definition) is 2. The number of rotatable bonds is 4. The van der Waals surface area contributed by atoms with Crippen molar-refractivity contribution in [2.24, 2.45) is 0 Å². The number of likely N-dealkylation sites (tertiary alicyclic amines) is 1. The van der Waals surface area contributed by atoms with E-state index in [4.69, 9.17) is 0 Å². The predicted octanol–water partition coefficient (Wildman–Crippen LogP) is 5.66. The highest BCUT2D eigenvalue weighted by molar-refractivity contribution is 14.1. The first-order chi connectivity index (χ1) is 12.5. The maximum Gasteiger partial charge on any atom is 0.187 e. The molecule has 0 atom stereocenters. The maximum atomic E-state index is 13.1. The van der Waals surface area contributed by atoms with Gasteiger partial charge < -0.3 is 0 Å². The minimum absolute atomic E-state index is 0.176. The first kappa shape index (κ1) is 19.8. The van der Waals surface area contributed by atoms with Crippen molar-refractivity contribution in [3.8, 4) is 0 Å². The van der Waals surface area contributed by atoms with E-state index in [1.54, 1.807) is 0 Å². The normalized spacial score (nSPS) is 18.7. The fraction of sp³-hybridized carbons (Fsp3) is 0.227. The van der Waals surface area contributed by atoms with E-state index >= 15 is 0 Å². The highest BCUT2D eigenvalue weighted by atomic mass is 127. The zero-order chi connectivity index (χ0) is 18.5. The first-order valence-electron chi connectivity index (χ1n) is 8.74. The van der Waals surface area contributed by atoms with E-state index in [0.29, 0.717) is 0 Å². The van der Waals surface area contributed by atoms with Crippen LogP contribution in [-0.2, 0) is 4.79 Å². The molecule has 26 heavy (non-hydrogen) atoms. The summed E-state index contributed by atoms with van der Waals surface area (Å²) in [5, 5.41) is 0. The van der Waals surface area contributed by atoms with Crippen LogP contribution in [0.1, 0.15) is 24.5 Å². The summed E-state index contributed by atoms with van der Waals surface area (Å²) in [6.45, 7) is 4.63. The van der Waals surface area contributed by atoms with E-state index in [-0.39, 0.29) is 5.78 Å². The van der Waals surface area contributed by atoms with E-state index in [9.17, 15) is 4.79 Å². The van der Waals surface area contributed by atoms with Crippen molar-refractivity contribution in [2.75, 3.05) is 19.6 Å². The van der Waals surface area contributed by atoms with Gasteiger partial charge in [0.1, 0.15) is 0 Å². The molecule has 0 N–H and O–H groups in total. The predicted molar refractivity (Wildman–Crippen MR) is 126 cm³/mol. The molecule has 1 saturated heterocycles. The largest absolute Gasteiger partial charge is 0.295 e. The molecule has 2 nitrogen and oxygen atoms in total. The number of ketones is 1. The van der Waals surface area contributed by atoms with E-state index < -0.39 is 0 Å². The first-order valence-corrected chi connectivity index (χ1v) is 10.9. The topological polar surface area (TPSA) is 20.3 Å². The van der Waals surface area contributed by atoms with Crippen LogP contribution in [0.5, 0.6) is 0 Å². The number of piperidine rings is 1. The van der Waals surface area contributed by atoms with Crippen LogP contribution in [0.25, 0.3) is 12.2 Å². The summed E-state index contributed by atoms with van der Waals surface area (Å²) in [4.78, 5) is 15.4. The molecule has 2 aromatic carbocycles. The lowest BCUT2D eigenvalue weighted by atomic mass is 9.94. The van der Waals surface area contributed by atoms with Crippen LogP contribution in [-0.4, -0.2) is 30.3 Å². The van der Waals surface area contributed by atoms with Crippen LogP contribution in [0.15, 0.2) is 59.7 Å². The SMILES string of the molecule is CCCN1C/C(=C\c2cccc(I)c2)C(=O)/C(=C/c2cccc(I)c2)C1. The van der Waals surface area contributed by atoms with Gasteiger partial charge in [0, 0.05) is 31.4 Å². The molecule has 134 valence electrons. The molecule has 0 bridgehead atoms. The molecule has 0 amide bonds. The van der Waals surface area contributed by atoms with E-state index in [2.05, 4.69) is 106 Å². The molecular formula is C22H21I2NO. The average molecular weight is 569 g/mol. The molecule has 1 aliphatic heterocycles. The maximum absolute atomic E-state index is 13.1. The van der Waals surface area contributed by atoms with Gasteiger partial charge in [-0.2, -0.15) is 0 Å². The Bertz CT molecular complexity index is 802. The minimum Gasteiger partial charge on any atom is -0.295 e. The lowest BCUT2D eigenvalue weighted by Crippen LogP contribution is -2.38. The third-order valence-electron chi connectivity index (χ3n) is 4.29. The Morgan fingerprint density at radius 3 is 1.85 bits per heavy atom. The summed E-state index contributed by atoms with van der Waals surface area (Å²) < 4.78 is 2.36. The number of Topliss-reactive ketones (excluding diaryl/α,β-unsaturated/α-hetero) is 1. The summed E-state index contributed by atoms with van der Waals surface area (Å²) in [5.74, 6) is 0.176. The minimum atomic E-state index is 0.176. The fourth-order valence-corrected chi connectivity index (χ4v) is 4.31. The highest BCUT2D eigenvalue weighted by Gasteiger charge is 2.25. The van der Waals surface area contributed by atoms with Crippen molar-refractivity contribution >= 4 is 63.1 Å². The van der Waals surface area contributed by atoms with Crippen LogP contribution < -0.4 is 0 Å². The monoisotopic (exact) mass is 569 g/mol. The molecule has 0 saturated carbocycles. The van der Waals surface area contributed by atoms with Gasteiger partial charge >= 0.3 is 0 Å². The third-order valence-corrected chi connectivity index (χ3v) is 5.63. The molecule has 1 heterocycles. The molecular weight excluding hydrogens is 548 g/mol. The van der Waals surface area contributed by atoms with Gasteiger partial charge in [-0.25, -0.2) is 0 Å². The van der Waals surface area contributed by atoms with Crippen molar-refractivity contribution < 1.29 is 4.79 Å². The molecule has 1 aliphatic rings. The van der Waals surface area contributed by atoms with Gasteiger partial charge in [-0.1, -0.05) is 31.2 Å². The highest BCUT2D eigenvalue weighted by Crippen LogP contribution is 2.23. The summed E-state index contributed by atoms with van der Waals surface area (Å²) in [6, 6.07) is 16.6. The molecule has 0 unspecified atom stereocenters. The Kier molecular flexibility index (Phi) is 7.05. The Labute approximate surface area is 182 Å². The van der Waals surface area contributed by atoms with E-state index in [0.717, 1.165) is 48.3 Å². The molecule has 3 rings (SSSR count). The molecule has 2 aromatic rings. The Hall–Kier alpha value is -0.990. The van der Waals surface area contributed by atoms with Gasteiger partial charge in [0.05, 0.1) is 0 Å².